The molecule has 0 saturated carbocycles. The minimum Gasteiger partial charge on any atom is -0.493 e. The fourth-order valence-corrected chi connectivity index (χ4v) is 2.73. The second kappa shape index (κ2) is 10.5. The second-order valence-corrected chi connectivity index (χ2v) is 6.31. The van der Waals surface area contributed by atoms with Crippen LogP contribution in [0.25, 0.3) is 0 Å². The van der Waals surface area contributed by atoms with Gasteiger partial charge in [-0.3, -0.25) is 0 Å². The Hall–Kier alpha value is -1.46. The SMILES string of the molecule is COCCCNCc1cc(OC)c(OCc2ccccc2Cl)cc1Cl. The van der Waals surface area contributed by atoms with Gasteiger partial charge in [-0.05, 0) is 30.7 Å². The number of methoxy groups -OCH3 is 2. The Morgan fingerprint density at radius 3 is 2.48 bits per heavy atom. The number of hydrogen-bond donors (Lipinski definition) is 1. The first-order chi connectivity index (χ1) is 12.2. The molecule has 0 aromatic heterocycles. The van der Waals surface area contributed by atoms with Crippen LogP contribution in [0.5, 0.6) is 11.5 Å². The summed E-state index contributed by atoms with van der Waals surface area (Å²) in [6, 6.07) is 11.2. The van der Waals surface area contributed by atoms with Crippen LogP contribution >= 0.6 is 23.2 Å². The third-order valence-corrected chi connectivity index (χ3v) is 4.41. The predicted molar refractivity (Wildman–Crippen MR) is 102 cm³/mol. The zero-order valence-corrected chi connectivity index (χ0v) is 16.0. The summed E-state index contributed by atoms with van der Waals surface area (Å²) >= 11 is 12.5. The lowest BCUT2D eigenvalue weighted by Crippen LogP contribution is -2.16. The van der Waals surface area contributed by atoms with E-state index >= 15 is 0 Å². The molecule has 0 aliphatic rings. The minimum atomic E-state index is 0.348. The number of rotatable bonds is 10. The third kappa shape index (κ3) is 6.08. The Morgan fingerprint density at radius 2 is 1.76 bits per heavy atom. The summed E-state index contributed by atoms with van der Waals surface area (Å²) in [6.07, 6.45) is 0.949. The summed E-state index contributed by atoms with van der Waals surface area (Å²) in [5, 5.41) is 4.64. The van der Waals surface area contributed by atoms with Gasteiger partial charge in [-0.25, -0.2) is 0 Å². The van der Waals surface area contributed by atoms with E-state index in [1.165, 1.54) is 0 Å². The van der Waals surface area contributed by atoms with Gasteiger partial charge in [0.25, 0.3) is 0 Å². The number of halogens is 2. The number of benzene rings is 2. The van der Waals surface area contributed by atoms with E-state index in [4.69, 9.17) is 37.4 Å². The van der Waals surface area contributed by atoms with Crippen molar-refractivity contribution < 1.29 is 14.2 Å². The zero-order chi connectivity index (χ0) is 18.1. The van der Waals surface area contributed by atoms with Crippen LogP contribution in [0, 0.1) is 0 Å². The molecule has 0 atom stereocenters. The van der Waals surface area contributed by atoms with Crippen LogP contribution in [-0.2, 0) is 17.9 Å². The van der Waals surface area contributed by atoms with Gasteiger partial charge in [-0.1, -0.05) is 41.4 Å². The Balaban J connectivity index is 2.01. The van der Waals surface area contributed by atoms with E-state index in [9.17, 15) is 0 Å². The first kappa shape index (κ1) is 19.9. The van der Waals surface area contributed by atoms with Crippen molar-refractivity contribution >= 4 is 23.2 Å². The van der Waals surface area contributed by atoms with E-state index in [2.05, 4.69) is 5.32 Å². The van der Waals surface area contributed by atoms with Crippen molar-refractivity contribution in [2.75, 3.05) is 27.4 Å². The van der Waals surface area contributed by atoms with Gasteiger partial charge in [0, 0.05) is 41.9 Å². The Labute approximate surface area is 159 Å². The van der Waals surface area contributed by atoms with Crippen LogP contribution in [0.3, 0.4) is 0 Å². The molecule has 136 valence electrons. The minimum absolute atomic E-state index is 0.348. The molecule has 25 heavy (non-hydrogen) atoms. The molecule has 0 spiro atoms. The summed E-state index contributed by atoms with van der Waals surface area (Å²) in [5.41, 5.74) is 1.87. The number of hydrogen-bond acceptors (Lipinski definition) is 4. The van der Waals surface area contributed by atoms with Crippen molar-refractivity contribution in [3.8, 4) is 11.5 Å². The molecule has 0 fully saturated rings. The predicted octanol–water partition coefficient (Wildman–Crippen LogP) is 4.71. The molecule has 0 aliphatic heterocycles. The van der Waals surface area contributed by atoms with Gasteiger partial charge in [-0.2, -0.15) is 0 Å². The molecule has 0 aliphatic carbocycles. The molecule has 0 radical (unpaired) electrons. The van der Waals surface area contributed by atoms with Crippen LogP contribution in [0.1, 0.15) is 17.5 Å². The molecular weight excluding hydrogens is 361 g/mol. The normalized spacial score (nSPS) is 10.7. The van der Waals surface area contributed by atoms with Crippen molar-refractivity contribution in [3.63, 3.8) is 0 Å². The maximum Gasteiger partial charge on any atom is 0.163 e. The van der Waals surface area contributed by atoms with E-state index in [0.29, 0.717) is 34.7 Å². The van der Waals surface area contributed by atoms with Gasteiger partial charge in [0.15, 0.2) is 11.5 Å². The lowest BCUT2D eigenvalue weighted by Gasteiger charge is -2.15. The highest BCUT2D eigenvalue weighted by molar-refractivity contribution is 6.31. The molecule has 0 unspecified atom stereocenters. The van der Waals surface area contributed by atoms with Gasteiger partial charge in [-0.15, -0.1) is 0 Å². The Morgan fingerprint density at radius 1 is 0.960 bits per heavy atom. The van der Waals surface area contributed by atoms with Gasteiger partial charge in [0.05, 0.1) is 7.11 Å². The summed E-state index contributed by atoms with van der Waals surface area (Å²) in [5.74, 6) is 1.24. The maximum absolute atomic E-state index is 6.39. The maximum atomic E-state index is 6.39. The standard InChI is InChI=1S/C19H23Cl2NO3/c1-23-9-5-8-22-12-15-10-18(24-2)19(11-17(15)21)25-13-14-6-3-4-7-16(14)20/h3-4,6-7,10-11,22H,5,8-9,12-13H2,1-2H3. The highest BCUT2D eigenvalue weighted by atomic mass is 35.5. The van der Waals surface area contributed by atoms with Crippen LogP contribution in [0.15, 0.2) is 36.4 Å². The molecule has 0 heterocycles. The van der Waals surface area contributed by atoms with E-state index in [-0.39, 0.29) is 0 Å². The second-order valence-electron chi connectivity index (χ2n) is 5.50. The largest absolute Gasteiger partial charge is 0.493 e. The molecule has 1 N–H and O–H groups in total. The van der Waals surface area contributed by atoms with Crippen LogP contribution < -0.4 is 14.8 Å². The van der Waals surface area contributed by atoms with Gasteiger partial charge >= 0.3 is 0 Å². The van der Waals surface area contributed by atoms with E-state index in [1.54, 1.807) is 20.3 Å². The summed E-state index contributed by atoms with van der Waals surface area (Å²) in [6.45, 7) is 2.60. The van der Waals surface area contributed by atoms with Crippen molar-refractivity contribution in [2.24, 2.45) is 0 Å². The highest BCUT2D eigenvalue weighted by Gasteiger charge is 2.11. The average Bonchev–Trinajstić information content (AvgIpc) is 2.62. The number of nitrogens with one attached hydrogen (secondary N) is 1. The van der Waals surface area contributed by atoms with Crippen LogP contribution in [0.4, 0.5) is 0 Å². The number of ether oxygens (including phenoxy) is 3. The molecule has 0 amide bonds. The first-order valence-electron chi connectivity index (χ1n) is 8.08. The third-order valence-electron chi connectivity index (χ3n) is 3.69. The lowest BCUT2D eigenvalue weighted by molar-refractivity contribution is 0.194. The molecule has 6 heteroatoms. The van der Waals surface area contributed by atoms with E-state index in [1.807, 2.05) is 30.3 Å². The molecule has 4 nitrogen and oxygen atoms in total. The van der Waals surface area contributed by atoms with E-state index in [0.717, 1.165) is 30.7 Å². The zero-order valence-electron chi connectivity index (χ0n) is 14.5. The first-order valence-corrected chi connectivity index (χ1v) is 8.83. The van der Waals surface area contributed by atoms with Crippen molar-refractivity contribution in [1.29, 1.82) is 0 Å². The van der Waals surface area contributed by atoms with Gasteiger partial charge in [0.1, 0.15) is 6.61 Å². The Kier molecular flexibility index (Phi) is 8.35. The quantitative estimate of drug-likeness (QED) is 0.603. The molecular formula is C19H23Cl2NO3. The lowest BCUT2D eigenvalue weighted by atomic mass is 10.2. The fraction of sp³-hybridized carbons (Fsp3) is 0.368. The smallest absolute Gasteiger partial charge is 0.163 e. The van der Waals surface area contributed by atoms with Crippen molar-refractivity contribution in [2.45, 2.75) is 19.6 Å². The molecule has 2 aromatic rings. The molecule has 2 rings (SSSR count). The Bertz CT molecular complexity index is 680. The van der Waals surface area contributed by atoms with Gasteiger partial charge < -0.3 is 19.5 Å². The van der Waals surface area contributed by atoms with Crippen LogP contribution in [0.2, 0.25) is 10.0 Å². The topological polar surface area (TPSA) is 39.7 Å². The summed E-state index contributed by atoms with van der Waals surface area (Å²) in [7, 11) is 3.31. The molecule has 0 saturated heterocycles. The summed E-state index contributed by atoms with van der Waals surface area (Å²) < 4.78 is 16.3. The van der Waals surface area contributed by atoms with Gasteiger partial charge in [0.2, 0.25) is 0 Å². The van der Waals surface area contributed by atoms with Crippen LogP contribution in [-0.4, -0.2) is 27.4 Å². The van der Waals surface area contributed by atoms with E-state index < -0.39 is 0 Å². The molecule has 0 bridgehead atoms. The molecule has 2 aromatic carbocycles. The van der Waals surface area contributed by atoms with Crippen molar-refractivity contribution in [1.82, 2.24) is 5.32 Å². The highest BCUT2D eigenvalue weighted by Crippen LogP contribution is 2.34. The van der Waals surface area contributed by atoms with Crippen molar-refractivity contribution in [3.05, 3.63) is 57.6 Å². The average molecular weight is 384 g/mol. The fourth-order valence-electron chi connectivity index (χ4n) is 2.32. The summed E-state index contributed by atoms with van der Waals surface area (Å²) in [4.78, 5) is 0. The monoisotopic (exact) mass is 383 g/mol.